The van der Waals surface area contributed by atoms with E-state index in [9.17, 15) is 4.79 Å². The number of carboxylic acid groups (broad SMARTS) is 2. The molecule has 0 aromatic heterocycles. The number of hydrogen-bond donors (Lipinski definition) is 3. The van der Waals surface area contributed by atoms with Gasteiger partial charge in [0, 0.05) is 19.0 Å². The second kappa shape index (κ2) is 7.20. The van der Waals surface area contributed by atoms with Gasteiger partial charge in [-0.3, -0.25) is 4.79 Å². The Balaban J connectivity index is 0.000000357. The van der Waals surface area contributed by atoms with Gasteiger partial charge in [-0.2, -0.15) is 0 Å². The predicted octanol–water partition coefficient (Wildman–Crippen LogP) is 1.22. The highest BCUT2D eigenvalue weighted by Gasteiger charge is 2.34. The highest BCUT2D eigenvalue weighted by Crippen LogP contribution is 2.28. The van der Waals surface area contributed by atoms with Gasteiger partial charge in [0.1, 0.15) is 0 Å². The molecule has 104 valence electrons. The Morgan fingerprint density at radius 2 is 1.94 bits per heavy atom. The lowest BCUT2D eigenvalue weighted by atomic mass is 10.1. The fraction of sp³-hybridized carbons (Fsp3) is 0.833. The molecule has 0 bridgehead atoms. The van der Waals surface area contributed by atoms with Gasteiger partial charge >= 0.3 is 6.16 Å². The summed E-state index contributed by atoms with van der Waals surface area (Å²) in [6.07, 6.45) is 4.02. The number of likely N-dealkylation sites (tertiary alicyclic amines) is 1. The van der Waals surface area contributed by atoms with Gasteiger partial charge in [-0.25, -0.2) is 4.79 Å². The van der Waals surface area contributed by atoms with Crippen molar-refractivity contribution in [3.63, 3.8) is 0 Å². The number of nitrogens with zero attached hydrogens (tertiary/aromatic N) is 1. The summed E-state index contributed by atoms with van der Waals surface area (Å²) in [5, 5.41) is 17.1. The third kappa shape index (κ3) is 4.52. The van der Waals surface area contributed by atoms with E-state index in [0.29, 0.717) is 17.9 Å². The lowest BCUT2D eigenvalue weighted by Crippen LogP contribution is -2.35. The third-order valence-corrected chi connectivity index (χ3v) is 3.50. The van der Waals surface area contributed by atoms with E-state index in [-0.39, 0.29) is 0 Å². The number of rotatable bonds is 3. The quantitative estimate of drug-likeness (QED) is 0.708. The van der Waals surface area contributed by atoms with Crippen molar-refractivity contribution in [2.75, 3.05) is 20.1 Å². The van der Waals surface area contributed by atoms with Crippen molar-refractivity contribution in [1.82, 2.24) is 10.2 Å². The number of carbonyl (C=O) groups excluding carboxylic acids is 1. The Morgan fingerprint density at radius 3 is 2.44 bits per heavy atom. The summed E-state index contributed by atoms with van der Waals surface area (Å²) in [7, 11) is 1.96. The Hall–Kier alpha value is -1.30. The van der Waals surface area contributed by atoms with Gasteiger partial charge in [0.25, 0.3) is 0 Å². The molecule has 1 aliphatic heterocycles. The van der Waals surface area contributed by atoms with Crippen LogP contribution in [-0.2, 0) is 4.79 Å². The Morgan fingerprint density at radius 1 is 1.39 bits per heavy atom. The van der Waals surface area contributed by atoms with Gasteiger partial charge in [-0.05, 0) is 32.4 Å². The maximum absolute atomic E-state index is 11.7. The zero-order valence-electron chi connectivity index (χ0n) is 10.8. The van der Waals surface area contributed by atoms with Gasteiger partial charge in [-0.15, -0.1) is 0 Å². The van der Waals surface area contributed by atoms with Gasteiger partial charge in [-0.1, -0.05) is 12.8 Å². The van der Waals surface area contributed by atoms with Crippen LogP contribution in [0.3, 0.4) is 0 Å². The molecule has 0 aromatic rings. The molecule has 0 aromatic carbocycles. The van der Waals surface area contributed by atoms with Crippen molar-refractivity contribution in [2.24, 2.45) is 5.92 Å². The fourth-order valence-corrected chi connectivity index (χ4v) is 2.80. The number of hydrogen-bond acceptors (Lipinski definition) is 3. The lowest BCUT2D eigenvalue weighted by Gasteiger charge is -2.24. The molecule has 2 fully saturated rings. The molecule has 1 saturated heterocycles. The van der Waals surface area contributed by atoms with Crippen molar-refractivity contribution < 1.29 is 19.8 Å². The first-order valence-electron chi connectivity index (χ1n) is 6.40. The Kier molecular flexibility index (Phi) is 5.91. The first-order valence-corrected chi connectivity index (χ1v) is 6.40. The van der Waals surface area contributed by atoms with E-state index in [1.807, 2.05) is 7.05 Å². The van der Waals surface area contributed by atoms with Crippen LogP contribution >= 0.6 is 0 Å². The third-order valence-electron chi connectivity index (χ3n) is 3.50. The zero-order valence-corrected chi connectivity index (χ0v) is 10.8. The van der Waals surface area contributed by atoms with Crippen LogP contribution < -0.4 is 5.32 Å². The molecular formula is C12H22N2O4. The van der Waals surface area contributed by atoms with E-state index in [4.69, 9.17) is 15.0 Å². The molecule has 1 aliphatic carbocycles. The molecule has 1 saturated carbocycles. The topological polar surface area (TPSA) is 89.9 Å². The van der Waals surface area contributed by atoms with Gasteiger partial charge in [0.2, 0.25) is 5.91 Å². The second-order valence-electron chi connectivity index (χ2n) is 4.89. The first-order chi connectivity index (χ1) is 8.54. The molecule has 1 heterocycles. The SMILES string of the molecule is CNCC1CC(=O)N(C2CCCC2)C1.O=C(O)O. The van der Waals surface area contributed by atoms with Crippen molar-refractivity contribution in [3.05, 3.63) is 0 Å². The number of nitrogens with one attached hydrogen (secondary N) is 1. The largest absolute Gasteiger partial charge is 0.503 e. The second-order valence-corrected chi connectivity index (χ2v) is 4.89. The highest BCUT2D eigenvalue weighted by molar-refractivity contribution is 5.79. The van der Waals surface area contributed by atoms with Crippen LogP contribution in [-0.4, -0.2) is 53.4 Å². The molecule has 1 unspecified atom stereocenters. The van der Waals surface area contributed by atoms with Crippen LogP contribution in [0, 0.1) is 5.92 Å². The van der Waals surface area contributed by atoms with Crippen molar-refractivity contribution in [1.29, 1.82) is 0 Å². The average Bonchev–Trinajstić information content (AvgIpc) is 2.86. The zero-order chi connectivity index (χ0) is 13.5. The maximum Gasteiger partial charge on any atom is 0.503 e. The summed E-state index contributed by atoms with van der Waals surface area (Å²) in [4.78, 5) is 22.4. The molecule has 18 heavy (non-hydrogen) atoms. The molecule has 1 amide bonds. The first kappa shape index (κ1) is 14.8. The summed E-state index contributed by atoms with van der Waals surface area (Å²) in [6.45, 7) is 1.97. The minimum absolute atomic E-state index is 0.386. The Labute approximate surface area is 107 Å². The van der Waals surface area contributed by atoms with Gasteiger partial charge in [0.15, 0.2) is 0 Å². The van der Waals surface area contributed by atoms with Crippen LogP contribution in [0.15, 0.2) is 0 Å². The predicted molar refractivity (Wildman–Crippen MR) is 66.7 cm³/mol. The average molecular weight is 258 g/mol. The minimum Gasteiger partial charge on any atom is -0.450 e. The molecule has 6 heteroatoms. The molecule has 6 nitrogen and oxygen atoms in total. The number of carbonyl (C=O) groups is 2. The van der Waals surface area contributed by atoms with Crippen molar-refractivity contribution in [2.45, 2.75) is 38.1 Å². The summed E-state index contributed by atoms with van der Waals surface area (Å²) in [5.74, 6) is 0.935. The van der Waals surface area contributed by atoms with E-state index in [1.165, 1.54) is 25.7 Å². The molecule has 2 aliphatic rings. The molecule has 3 N–H and O–H groups in total. The molecular weight excluding hydrogens is 236 g/mol. The smallest absolute Gasteiger partial charge is 0.450 e. The minimum atomic E-state index is -1.83. The summed E-state index contributed by atoms with van der Waals surface area (Å²) < 4.78 is 0. The van der Waals surface area contributed by atoms with Gasteiger partial charge in [0.05, 0.1) is 0 Å². The van der Waals surface area contributed by atoms with Crippen LogP contribution in [0.25, 0.3) is 0 Å². The van der Waals surface area contributed by atoms with Crippen LogP contribution in [0.2, 0.25) is 0 Å². The summed E-state index contributed by atoms with van der Waals surface area (Å²) in [6, 6.07) is 0.573. The normalized spacial score (nSPS) is 23.9. The van der Waals surface area contributed by atoms with E-state index >= 15 is 0 Å². The van der Waals surface area contributed by atoms with Crippen LogP contribution in [0.1, 0.15) is 32.1 Å². The maximum atomic E-state index is 11.7. The number of amides is 1. The fourth-order valence-electron chi connectivity index (χ4n) is 2.80. The van der Waals surface area contributed by atoms with E-state index < -0.39 is 6.16 Å². The van der Waals surface area contributed by atoms with Crippen molar-refractivity contribution >= 4 is 12.1 Å². The van der Waals surface area contributed by atoms with Gasteiger partial charge < -0.3 is 20.4 Å². The summed E-state index contributed by atoms with van der Waals surface area (Å²) in [5.41, 5.74) is 0. The molecule has 1 atom stereocenters. The standard InChI is InChI=1S/C11H20N2O.CH2O3/c1-12-7-9-6-11(14)13(8-9)10-4-2-3-5-10;2-1(3)4/h9-10,12H,2-8H2,1H3;(H2,2,3,4). The monoisotopic (exact) mass is 258 g/mol. The van der Waals surface area contributed by atoms with E-state index in [1.54, 1.807) is 0 Å². The molecule has 0 radical (unpaired) electrons. The van der Waals surface area contributed by atoms with Crippen LogP contribution in [0.4, 0.5) is 4.79 Å². The lowest BCUT2D eigenvalue weighted by molar-refractivity contribution is -0.129. The Bertz CT molecular complexity index is 286. The van der Waals surface area contributed by atoms with Crippen molar-refractivity contribution in [3.8, 4) is 0 Å². The molecule has 2 rings (SSSR count). The van der Waals surface area contributed by atoms with E-state index in [0.717, 1.165) is 19.5 Å². The van der Waals surface area contributed by atoms with E-state index in [2.05, 4.69) is 10.2 Å². The molecule has 0 spiro atoms. The highest BCUT2D eigenvalue weighted by atomic mass is 16.6. The van der Waals surface area contributed by atoms with Crippen LogP contribution in [0.5, 0.6) is 0 Å². The summed E-state index contributed by atoms with van der Waals surface area (Å²) >= 11 is 0.